The average Bonchev–Trinajstić information content (AvgIpc) is 2.56. The molecule has 0 bridgehead atoms. The average molecular weight is 304 g/mol. The predicted octanol–water partition coefficient (Wildman–Crippen LogP) is 0.427. The molecule has 2 amide bonds. The minimum atomic E-state index is -0.0227. The Bertz CT molecular complexity index is 498. The van der Waals surface area contributed by atoms with E-state index in [2.05, 4.69) is 10.3 Å². The fraction of sp³-hybridized carbons (Fsp3) is 0.500. The molecule has 6 nitrogen and oxygen atoms in total. The molecule has 1 heterocycles. The van der Waals surface area contributed by atoms with E-state index in [1.165, 1.54) is 0 Å². The summed E-state index contributed by atoms with van der Waals surface area (Å²) in [6.07, 6.45) is 0. The van der Waals surface area contributed by atoms with Gasteiger partial charge in [0.15, 0.2) is 0 Å². The van der Waals surface area contributed by atoms with Gasteiger partial charge in [0.1, 0.15) is 0 Å². The zero-order valence-corrected chi connectivity index (χ0v) is 13.3. The highest BCUT2D eigenvalue weighted by Gasteiger charge is 2.20. The molecule has 0 radical (unpaired) electrons. The first-order valence-electron chi connectivity index (χ1n) is 7.64. The van der Waals surface area contributed by atoms with E-state index in [4.69, 9.17) is 0 Å². The number of amides is 2. The number of nitrogens with one attached hydrogen (secondary N) is 1. The Morgan fingerprint density at radius 3 is 2.32 bits per heavy atom. The molecule has 1 N–H and O–H groups in total. The maximum Gasteiger partial charge on any atom is 0.267 e. The topological polar surface area (TPSA) is 55.9 Å². The quantitative estimate of drug-likeness (QED) is 0.802. The van der Waals surface area contributed by atoms with Gasteiger partial charge in [0.25, 0.3) is 5.91 Å². The highest BCUT2D eigenvalue weighted by Crippen LogP contribution is 2.05. The standard InChI is InChI=1S/C16H24N4O2/c1-14(21)19-11-8-18(9-12-19)10-13-20(17-2)16(22)15-6-4-3-5-7-15/h3-7,17H,8-13H2,1-2H3. The van der Waals surface area contributed by atoms with Crippen LogP contribution in [-0.4, -0.2) is 72.9 Å². The van der Waals surface area contributed by atoms with E-state index in [-0.39, 0.29) is 11.8 Å². The minimum absolute atomic E-state index is 0.0227. The number of benzene rings is 1. The lowest BCUT2D eigenvalue weighted by Gasteiger charge is -2.35. The van der Waals surface area contributed by atoms with Crippen molar-refractivity contribution in [2.24, 2.45) is 0 Å². The predicted molar refractivity (Wildman–Crippen MR) is 85.2 cm³/mol. The fourth-order valence-corrected chi connectivity index (χ4v) is 2.58. The largest absolute Gasteiger partial charge is 0.340 e. The van der Waals surface area contributed by atoms with E-state index < -0.39 is 0 Å². The molecule has 0 atom stereocenters. The molecule has 0 aliphatic carbocycles. The summed E-state index contributed by atoms with van der Waals surface area (Å²) in [5.74, 6) is 0.112. The van der Waals surface area contributed by atoms with Crippen molar-refractivity contribution in [2.75, 3.05) is 46.3 Å². The van der Waals surface area contributed by atoms with Crippen molar-refractivity contribution in [1.29, 1.82) is 0 Å². The van der Waals surface area contributed by atoms with E-state index in [0.717, 1.165) is 32.7 Å². The zero-order chi connectivity index (χ0) is 15.9. The third-order valence-corrected chi connectivity index (χ3v) is 3.99. The van der Waals surface area contributed by atoms with Crippen LogP contribution in [0.1, 0.15) is 17.3 Å². The summed E-state index contributed by atoms with van der Waals surface area (Å²) in [7, 11) is 1.76. The van der Waals surface area contributed by atoms with Gasteiger partial charge in [0.2, 0.25) is 5.91 Å². The van der Waals surface area contributed by atoms with Gasteiger partial charge in [-0.3, -0.25) is 19.5 Å². The van der Waals surface area contributed by atoms with Gasteiger partial charge < -0.3 is 4.90 Å². The number of hydrogen-bond donors (Lipinski definition) is 1. The lowest BCUT2D eigenvalue weighted by Crippen LogP contribution is -2.51. The molecule has 1 saturated heterocycles. The van der Waals surface area contributed by atoms with E-state index in [1.807, 2.05) is 35.2 Å². The van der Waals surface area contributed by atoms with Gasteiger partial charge in [-0.25, -0.2) is 5.43 Å². The molecule has 0 spiro atoms. The highest BCUT2D eigenvalue weighted by molar-refractivity contribution is 5.93. The van der Waals surface area contributed by atoms with E-state index in [9.17, 15) is 9.59 Å². The molecule has 6 heteroatoms. The molecule has 1 aliphatic rings. The van der Waals surface area contributed by atoms with Gasteiger partial charge in [-0.1, -0.05) is 18.2 Å². The monoisotopic (exact) mass is 304 g/mol. The second-order valence-corrected chi connectivity index (χ2v) is 5.39. The molecule has 1 aromatic rings. The lowest BCUT2D eigenvalue weighted by atomic mass is 10.2. The molecule has 22 heavy (non-hydrogen) atoms. The van der Waals surface area contributed by atoms with Crippen molar-refractivity contribution in [3.63, 3.8) is 0 Å². The molecule has 1 aliphatic heterocycles. The molecule has 120 valence electrons. The first-order chi connectivity index (χ1) is 10.6. The van der Waals surface area contributed by atoms with Crippen LogP contribution in [0.4, 0.5) is 0 Å². The normalized spacial score (nSPS) is 15.6. The first-order valence-corrected chi connectivity index (χ1v) is 7.64. The second kappa shape index (κ2) is 7.91. The number of nitrogens with zero attached hydrogens (tertiary/aromatic N) is 3. The van der Waals surface area contributed by atoms with Crippen LogP contribution in [0.3, 0.4) is 0 Å². The van der Waals surface area contributed by atoms with Crippen molar-refractivity contribution in [1.82, 2.24) is 20.2 Å². The van der Waals surface area contributed by atoms with Gasteiger partial charge in [0, 0.05) is 52.3 Å². The Morgan fingerprint density at radius 2 is 1.77 bits per heavy atom. The van der Waals surface area contributed by atoms with Gasteiger partial charge in [-0.15, -0.1) is 0 Å². The number of hydrazine groups is 1. The molecule has 0 unspecified atom stereocenters. The summed E-state index contributed by atoms with van der Waals surface area (Å²) in [4.78, 5) is 27.8. The third-order valence-electron chi connectivity index (χ3n) is 3.99. The van der Waals surface area contributed by atoms with E-state index in [0.29, 0.717) is 12.1 Å². The molecular weight excluding hydrogens is 280 g/mol. The molecule has 0 aromatic heterocycles. The van der Waals surface area contributed by atoms with Crippen LogP contribution >= 0.6 is 0 Å². The van der Waals surface area contributed by atoms with Crippen molar-refractivity contribution >= 4 is 11.8 Å². The van der Waals surface area contributed by atoms with Crippen LogP contribution in [0.15, 0.2) is 30.3 Å². The first kappa shape index (κ1) is 16.5. The number of hydrogen-bond acceptors (Lipinski definition) is 4. The lowest BCUT2D eigenvalue weighted by molar-refractivity contribution is -0.130. The van der Waals surface area contributed by atoms with Crippen LogP contribution in [0.5, 0.6) is 0 Å². The smallest absolute Gasteiger partial charge is 0.267 e. The van der Waals surface area contributed by atoms with Gasteiger partial charge in [-0.2, -0.15) is 0 Å². The van der Waals surface area contributed by atoms with Crippen molar-refractivity contribution in [3.05, 3.63) is 35.9 Å². The van der Waals surface area contributed by atoms with Crippen LogP contribution in [0, 0.1) is 0 Å². The molecular formula is C16H24N4O2. The minimum Gasteiger partial charge on any atom is -0.340 e. The van der Waals surface area contributed by atoms with Gasteiger partial charge in [0.05, 0.1) is 6.54 Å². The summed E-state index contributed by atoms with van der Waals surface area (Å²) in [6, 6.07) is 9.26. The number of carbonyl (C=O) groups excluding carboxylic acids is 2. The summed E-state index contributed by atoms with van der Waals surface area (Å²) in [5, 5.41) is 1.63. The SMILES string of the molecule is CNN(CCN1CCN(C(C)=O)CC1)C(=O)c1ccccc1. The summed E-state index contributed by atoms with van der Waals surface area (Å²) in [6.45, 7) is 6.27. The Hall–Kier alpha value is -1.92. The second-order valence-electron chi connectivity index (χ2n) is 5.39. The molecule has 2 rings (SSSR count). The van der Waals surface area contributed by atoms with Crippen LogP contribution < -0.4 is 5.43 Å². The number of carbonyl (C=O) groups is 2. The third kappa shape index (κ3) is 4.29. The molecule has 0 saturated carbocycles. The Labute approximate surface area is 131 Å². The Kier molecular flexibility index (Phi) is 5.91. The van der Waals surface area contributed by atoms with E-state index >= 15 is 0 Å². The van der Waals surface area contributed by atoms with Crippen molar-refractivity contribution < 1.29 is 9.59 Å². The Morgan fingerprint density at radius 1 is 1.14 bits per heavy atom. The Balaban J connectivity index is 1.82. The fourth-order valence-electron chi connectivity index (χ4n) is 2.58. The van der Waals surface area contributed by atoms with Crippen molar-refractivity contribution in [3.8, 4) is 0 Å². The zero-order valence-electron chi connectivity index (χ0n) is 13.3. The molecule has 1 aromatic carbocycles. The van der Waals surface area contributed by atoms with Gasteiger partial charge >= 0.3 is 0 Å². The maximum absolute atomic E-state index is 12.4. The van der Waals surface area contributed by atoms with E-state index in [1.54, 1.807) is 19.0 Å². The van der Waals surface area contributed by atoms with Crippen LogP contribution in [-0.2, 0) is 4.79 Å². The van der Waals surface area contributed by atoms with Crippen LogP contribution in [0.25, 0.3) is 0 Å². The maximum atomic E-state index is 12.4. The summed E-state index contributed by atoms with van der Waals surface area (Å²) >= 11 is 0. The molecule has 1 fully saturated rings. The van der Waals surface area contributed by atoms with Gasteiger partial charge in [-0.05, 0) is 12.1 Å². The van der Waals surface area contributed by atoms with Crippen molar-refractivity contribution in [2.45, 2.75) is 6.92 Å². The number of rotatable bonds is 5. The van der Waals surface area contributed by atoms with Crippen LogP contribution in [0.2, 0.25) is 0 Å². The summed E-state index contributed by atoms with van der Waals surface area (Å²) < 4.78 is 0. The highest BCUT2D eigenvalue weighted by atomic mass is 16.2. The number of piperazine rings is 1. The summed E-state index contributed by atoms with van der Waals surface area (Å²) in [5.41, 5.74) is 3.64.